The Labute approximate surface area is 216 Å². The van der Waals surface area contributed by atoms with Crippen LogP contribution in [0.4, 0.5) is 14.6 Å². The fourth-order valence-electron chi connectivity index (χ4n) is 5.24. The highest BCUT2D eigenvalue weighted by molar-refractivity contribution is 6.34. The number of anilines is 1. The van der Waals surface area contributed by atoms with Gasteiger partial charge in [0.15, 0.2) is 0 Å². The van der Waals surface area contributed by atoms with Crippen molar-refractivity contribution in [2.45, 2.75) is 65.0 Å². The molecule has 1 saturated heterocycles. The zero-order valence-electron chi connectivity index (χ0n) is 21.7. The van der Waals surface area contributed by atoms with Crippen LogP contribution in [0.15, 0.2) is 39.9 Å². The van der Waals surface area contributed by atoms with E-state index in [2.05, 4.69) is 27.1 Å². The first-order valence-electron chi connectivity index (χ1n) is 13.1. The number of rotatable bonds is 9. The Morgan fingerprint density at radius 1 is 1.19 bits per heavy atom. The largest absolute Gasteiger partial charge is 0.363 e. The number of alkyl halides is 2. The number of nitrogens with zero attached hydrogens (tertiary/aromatic N) is 3. The van der Waals surface area contributed by atoms with Crippen LogP contribution in [0.1, 0.15) is 63.6 Å². The number of aryl methyl sites for hydroxylation is 1. The maximum absolute atomic E-state index is 15.7. The first-order chi connectivity index (χ1) is 17.7. The van der Waals surface area contributed by atoms with Crippen LogP contribution >= 0.6 is 0 Å². The number of fused-ring (bicyclic) bond motifs is 1. The van der Waals surface area contributed by atoms with Crippen LogP contribution in [0.5, 0.6) is 0 Å². The topological polar surface area (TPSA) is 83.0 Å². The molecular formula is C27H34BF2N5O2. The van der Waals surface area contributed by atoms with Gasteiger partial charge in [0.05, 0.1) is 5.39 Å². The van der Waals surface area contributed by atoms with Crippen molar-refractivity contribution in [2.24, 2.45) is 5.92 Å². The lowest BCUT2D eigenvalue weighted by Crippen LogP contribution is -2.42. The molecule has 0 saturated carbocycles. The number of nitrogens with one attached hydrogen (secondary N) is 2. The summed E-state index contributed by atoms with van der Waals surface area (Å²) in [6.07, 6.45) is 3.02. The van der Waals surface area contributed by atoms with Gasteiger partial charge in [0.2, 0.25) is 5.56 Å². The number of aromatic amines is 1. The summed E-state index contributed by atoms with van der Waals surface area (Å²) in [4.78, 5) is 33.6. The molecule has 0 amide bonds. The van der Waals surface area contributed by atoms with Gasteiger partial charge in [0.25, 0.3) is 5.92 Å². The van der Waals surface area contributed by atoms with E-state index in [9.17, 15) is 9.59 Å². The number of pyridine rings is 1. The van der Waals surface area contributed by atoms with Crippen molar-refractivity contribution >= 4 is 30.2 Å². The van der Waals surface area contributed by atoms with E-state index >= 15 is 8.78 Å². The van der Waals surface area contributed by atoms with Gasteiger partial charge in [-0.1, -0.05) is 37.0 Å². The van der Waals surface area contributed by atoms with Crippen molar-refractivity contribution in [3.63, 3.8) is 0 Å². The number of likely N-dealkylation sites (tertiary alicyclic amines) is 1. The Kier molecular flexibility index (Phi) is 8.16. The number of H-pyrrole nitrogens is 1. The monoisotopic (exact) mass is 509 g/mol. The molecule has 3 heterocycles. The molecule has 1 fully saturated rings. The summed E-state index contributed by atoms with van der Waals surface area (Å²) in [6.45, 7) is 8.32. The zero-order valence-corrected chi connectivity index (χ0v) is 21.7. The van der Waals surface area contributed by atoms with Crippen molar-refractivity contribution in [1.29, 1.82) is 0 Å². The summed E-state index contributed by atoms with van der Waals surface area (Å²) in [5, 5.41) is 3.70. The molecule has 1 atom stereocenters. The van der Waals surface area contributed by atoms with Gasteiger partial charge in [-0.25, -0.2) is 13.6 Å². The highest BCUT2D eigenvalue weighted by Crippen LogP contribution is 2.41. The number of unbranched alkanes of at least 4 members (excludes halogenated alkanes) is 1. The normalized spacial score (nSPS) is 16.2. The molecule has 196 valence electrons. The number of aromatic nitrogens is 3. The quantitative estimate of drug-likeness (QED) is 0.431. The van der Waals surface area contributed by atoms with Crippen molar-refractivity contribution < 1.29 is 8.78 Å². The maximum Gasteiger partial charge on any atom is 0.351 e. The van der Waals surface area contributed by atoms with E-state index in [0.29, 0.717) is 49.1 Å². The first kappa shape index (κ1) is 27.0. The first-order valence-corrected chi connectivity index (χ1v) is 13.1. The molecular weight excluding hydrogens is 475 g/mol. The number of halogens is 2. The van der Waals surface area contributed by atoms with Crippen LogP contribution in [-0.4, -0.2) is 46.9 Å². The van der Waals surface area contributed by atoms with Gasteiger partial charge in [-0.2, -0.15) is 4.98 Å². The second kappa shape index (κ2) is 11.2. The lowest BCUT2D eigenvalue weighted by Gasteiger charge is -2.37. The Bertz CT molecular complexity index is 1370. The number of hydrogen-bond acceptors (Lipinski definition) is 5. The van der Waals surface area contributed by atoms with E-state index in [1.807, 2.05) is 0 Å². The van der Waals surface area contributed by atoms with Crippen LogP contribution in [0, 0.1) is 5.92 Å². The number of piperidine rings is 1. The third-order valence-corrected chi connectivity index (χ3v) is 7.42. The van der Waals surface area contributed by atoms with Crippen LogP contribution in [0.3, 0.4) is 0 Å². The molecule has 1 aromatic carbocycles. The summed E-state index contributed by atoms with van der Waals surface area (Å²) >= 11 is 0. The smallest absolute Gasteiger partial charge is 0.351 e. The highest BCUT2D eigenvalue weighted by atomic mass is 19.3. The minimum atomic E-state index is -3.05. The van der Waals surface area contributed by atoms with E-state index < -0.39 is 23.6 Å². The lowest BCUT2D eigenvalue weighted by atomic mass is 9.77. The molecule has 1 unspecified atom stereocenters. The molecule has 0 spiro atoms. The fraction of sp³-hybridized carbons (Fsp3) is 0.519. The second-order valence-electron chi connectivity index (χ2n) is 9.84. The minimum Gasteiger partial charge on any atom is -0.363 e. The summed E-state index contributed by atoms with van der Waals surface area (Å²) < 4.78 is 32.8. The molecule has 1 aliphatic heterocycles. The van der Waals surface area contributed by atoms with E-state index in [-0.39, 0.29) is 22.4 Å². The number of benzene rings is 1. The van der Waals surface area contributed by atoms with Crippen molar-refractivity contribution in [3.05, 3.63) is 62.3 Å². The summed E-state index contributed by atoms with van der Waals surface area (Å²) in [6, 6.07) is 7.14. The molecule has 7 nitrogen and oxygen atoms in total. The molecule has 2 N–H and O–H groups in total. The SMILES string of the molecule is [B]c1c(C(C)Nc2nc(=O)n(CC)c3[nH]c(=O)ccc23)cccc1C(F)(F)C1CCN(CCCC)CC1. The second-order valence-corrected chi connectivity index (χ2v) is 9.84. The standard InChI is InChI=1S/C27H34BF2N5O2/c1-4-6-14-34-15-12-18(13-16-34)27(29,30)21-9-7-8-19(23(21)28)17(3)31-24-20-10-11-22(36)32-25(20)35(5-2)26(37)33-24/h7-11,17-18H,4-6,12-16H2,1-3H3,(H,32,36)(H,31,33,37). The lowest BCUT2D eigenvalue weighted by molar-refractivity contribution is -0.0846. The molecule has 0 bridgehead atoms. The van der Waals surface area contributed by atoms with Gasteiger partial charge in [-0.15, -0.1) is 0 Å². The highest BCUT2D eigenvalue weighted by Gasteiger charge is 2.43. The van der Waals surface area contributed by atoms with Gasteiger partial charge in [0.1, 0.15) is 19.3 Å². The van der Waals surface area contributed by atoms with Gasteiger partial charge in [0, 0.05) is 30.1 Å². The maximum atomic E-state index is 15.7. The summed E-state index contributed by atoms with van der Waals surface area (Å²) in [7, 11) is 6.37. The van der Waals surface area contributed by atoms with Gasteiger partial charge >= 0.3 is 5.69 Å². The van der Waals surface area contributed by atoms with E-state index in [0.717, 1.165) is 19.4 Å². The molecule has 2 radical (unpaired) electrons. The molecule has 37 heavy (non-hydrogen) atoms. The molecule has 0 aliphatic carbocycles. The Morgan fingerprint density at radius 3 is 2.59 bits per heavy atom. The van der Waals surface area contributed by atoms with Crippen LogP contribution in [0.25, 0.3) is 11.0 Å². The predicted molar refractivity (Wildman–Crippen MR) is 144 cm³/mol. The predicted octanol–water partition coefficient (Wildman–Crippen LogP) is 3.68. The Morgan fingerprint density at radius 2 is 1.92 bits per heavy atom. The molecule has 2 aromatic heterocycles. The van der Waals surface area contributed by atoms with Crippen molar-refractivity contribution in [3.8, 4) is 0 Å². The third-order valence-electron chi connectivity index (χ3n) is 7.42. The Balaban J connectivity index is 1.60. The van der Waals surface area contributed by atoms with E-state index in [1.54, 1.807) is 32.0 Å². The van der Waals surface area contributed by atoms with Gasteiger partial charge in [-0.05, 0) is 64.4 Å². The molecule has 1 aliphatic rings. The van der Waals surface area contributed by atoms with E-state index in [4.69, 9.17) is 7.85 Å². The third kappa shape index (κ3) is 5.49. The van der Waals surface area contributed by atoms with Gasteiger partial charge < -0.3 is 15.2 Å². The average Bonchev–Trinajstić information content (AvgIpc) is 2.87. The summed E-state index contributed by atoms with van der Waals surface area (Å²) in [5.74, 6) is -3.57. The van der Waals surface area contributed by atoms with Crippen LogP contribution in [-0.2, 0) is 12.5 Å². The van der Waals surface area contributed by atoms with Crippen molar-refractivity contribution in [1.82, 2.24) is 19.4 Å². The van der Waals surface area contributed by atoms with E-state index in [1.165, 1.54) is 16.7 Å². The number of hydrogen-bond donors (Lipinski definition) is 2. The zero-order chi connectivity index (χ0) is 26.7. The Hall–Kier alpha value is -3.01. The van der Waals surface area contributed by atoms with Crippen LogP contribution in [0.2, 0.25) is 0 Å². The van der Waals surface area contributed by atoms with Crippen LogP contribution < -0.4 is 22.0 Å². The molecule has 4 rings (SSSR count). The fourth-order valence-corrected chi connectivity index (χ4v) is 5.24. The average molecular weight is 509 g/mol. The summed E-state index contributed by atoms with van der Waals surface area (Å²) in [5.41, 5.74) is -0.130. The molecule has 3 aromatic rings. The minimum absolute atomic E-state index is 0.0422. The van der Waals surface area contributed by atoms with Gasteiger partial charge in [-0.3, -0.25) is 9.36 Å². The van der Waals surface area contributed by atoms with Crippen molar-refractivity contribution in [2.75, 3.05) is 25.0 Å². The molecule has 10 heteroatoms.